The van der Waals surface area contributed by atoms with Crippen LogP contribution in [0.2, 0.25) is 0 Å². The molecule has 0 bridgehead atoms. The Hall–Kier alpha value is -2.29. The first-order valence-electron chi connectivity index (χ1n) is 6.62. The maximum absolute atomic E-state index is 11.8. The van der Waals surface area contributed by atoms with Crippen LogP contribution in [0.5, 0.6) is 11.5 Å². The van der Waals surface area contributed by atoms with Gasteiger partial charge in [0.15, 0.2) is 0 Å². The van der Waals surface area contributed by atoms with Crippen LogP contribution in [0.25, 0.3) is 0 Å². The van der Waals surface area contributed by atoms with Gasteiger partial charge in [-0.25, -0.2) is 0 Å². The minimum Gasteiger partial charge on any atom is -0.497 e. The molecule has 0 radical (unpaired) electrons. The molecule has 0 spiro atoms. The number of rotatable bonds is 2. The number of carbonyl (C=O) groups is 1. The zero-order valence-corrected chi connectivity index (χ0v) is 11.6. The van der Waals surface area contributed by atoms with E-state index in [-0.39, 0.29) is 11.9 Å². The van der Waals surface area contributed by atoms with Crippen LogP contribution in [0.1, 0.15) is 29.0 Å². The fraction of sp³-hybridized carbons (Fsp3) is 0.235. The van der Waals surface area contributed by atoms with Crippen molar-refractivity contribution >= 4 is 5.97 Å². The Labute approximate surface area is 118 Å². The second kappa shape index (κ2) is 5.00. The van der Waals surface area contributed by atoms with Crippen molar-refractivity contribution in [1.82, 2.24) is 0 Å². The standard InChI is InChI=1S/C17H16O3/c1-11-3-5-12(6-4-11)15-10-17(18)20-16-9-13(19-2)7-8-14(15)16/h3-9,15H,10H2,1-2H3/t15-/m1/s1. The first-order valence-corrected chi connectivity index (χ1v) is 6.62. The number of aryl methyl sites for hydroxylation is 1. The number of carbonyl (C=O) groups excluding carboxylic acids is 1. The van der Waals surface area contributed by atoms with Crippen LogP contribution in [0, 0.1) is 6.92 Å². The molecule has 102 valence electrons. The van der Waals surface area contributed by atoms with Crippen LogP contribution < -0.4 is 9.47 Å². The Balaban J connectivity index is 2.05. The van der Waals surface area contributed by atoms with Gasteiger partial charge in [-0.3, -0.25) is 4.79 Å². The Bertz CT molecular complexity index is 644. The van der Waals surface area contributed by atoms with Crippen LogP contribution in [0.3, 0.4) is 0 Å². The van der Waals surface area contributed by atoms with E-state index in [0.717, 1.165) is 11.1 Å². The fourth-order valence-corrected chi connectivity index (χ4v) is 2.56. The molecular weight excluding hydrogens is 252 g/mol. The third kappa shape index (κ3) is 2.27. The lowest BCUT2D eigenvalue weighted by Gasteiger charge is -2.25. The molecule has 0 fully saturated rings. The summed E-state index contributed by atoms with van der Waals surface area (Å²) < 4.78 is 10.5. The summed E-state index contributed by atoms with van der Waals surface area (Å²) >= 11 is 0. The van der Waals surface area contributed by atoms with Gasteiger partial charge in [0.1, 0.15) is 11.5 Å². The molecule has 1 aliphatic heterocycles. The van der Waals surface area contributed by atoms with Crippen LogP contribution in [-0.4, -0.2) is 13.1 Å². The molecule has 0 aliphatic carbocycles. The van der Waals surface area contributed by atoms with Gasteiger partial charge >= 0.3 is 5.97 Å². The molecule has 3 heteroatoms. The molecule has 0 N–H and O–H groups in total. The number of benzene rings is 2. The van der Waals surface area contributed by atoms with Gasteiger partial charge in [0.05, 0.1) is 13.5 Å². The number of esters is 1. The zero-order chi connectivity index (χ0) is 14.1. The van der Waals surface area contributed by atoms with Gasteiger partial charge in [-0.1, -0.05) is 35.9 Å². The maximum atomic E-state index is 11.8. The van der Waals surface area contributed by atoms with Crippen LogP contribution in [-0.2, 0) is 4.79 Å². The normalized spacial score (nSPS) is 17.3. The Morgan fingerprint density at radius 2 is 1.90 bits per heavy atom. The molecule has 3 nitrogen and oxygen atoms in total. The summed E-state index contributed by atoms with van der Waals surface area (Å²) in [6, 6.07) is 13.9. The van der Waals surface area contributed by atoms with Gasteiger partial charge in [0, 0.05) is 17.5 Å². The topological polar surface area (TPSA) is 35.5 Å². The van der Waals surface area contributed by atoms with E-state index in [1.165, 1.54) is 5.56 Å². The Kier molecular flexibility index (Phi) is 3.18. The molecule has 2 aromatic rings. The number of methoxy groups -OCH3 is 1. The van der Waals surface area contributed by atoms with Crippen molar-refractivity contribution in [1.29, 1.82) is 0 Å². The van der Waals surface area contributed by atoms with E-state index >= 15 is 0 Å². The average Bonchev–Trinajstić information content (AvgIpc) is 2.46. The van der Waals surface area contributed by atoms with Gasteiger partial charge in [0.25, 0.3) is 0 Å². The van der Waals surface area contributed by atoms with E-state index < -0.39 is 0 Å². The summed E-state index contributed by atoms with van der Waals surface area (Å²) in [5.74, 6) is 1.15. The van der Waals surface area contributed by atoms with Crippen molar-refractivity contribution in [3.05, 3.63) is 59.2 Å². The molecule has 20 heavy (non-hydrogen) atoms. The van der Waals surface area contributed by atoms with Crippen molar-refractivity contribution < 1.29 is 14.3 Å². The minimum absolute atomic E-state index is 0.0535. The summed E-state index contributed by atoms with van der Waals surface area (Å²) in [6.07, 6.45) is 0.377. The highest BCUT2D eigenvalue weighted by Gasteiger charge is 2.28. The van der Waals surface area contributed by atoms with Gasteiger partial charge in [-0.15, -0.1) is 0 Å². The van der Waals surface area contributed by atoms with Crippen molar-refractivity contribution in [2.45, 2.75) is 19.3 Å². The number of hydrogen-bond donors (Lipinski definition) is 0. The predicted octanol–water partition coefficient (Wildman–Crippen LogP) is 3.44. The first-order chi connectivity index (χ1) is 9.67. The van der Waals surface area contributed by atoms with Crippen molar-refractivity contribution in [3.8, 4) is 11.5 Å². The van der Waals surface area contributed by atoms with Crippen LogP contribution in [0.4, 0.5) is 0 Å². The predicted molar refractivity (Wildman–Crippen MR) is 76.3 cm³/mol. The number of fused-ring (bicyclic) bond motifs is 1. The molecule has 0 unspecified atom stereocenters. The summed E-state index contributed by atoms with van der Waals surface area (Å²) in [5, 5.41) is 0. The average molecular weight is 268 g/mol. The molecule has 0 amide bonds. The first kappa shape index (κ1) is 12.7. The molecule has 3 rings (SSSR count). The van der Waals surface area contributed by atoms with Gasteiger partial charge in [0.2, 0.25) is 0 Å². The summed E-state index contributed by atoms with van der Waals surface area (Å²) in [7, 11) is 1.60. The number of ether oxygens (including phenoxy) is 2. The van der Waals surface area contributed by atoms with E-state index in [1.807, 2.05) is 12.1 Å². The molecule has 0 saturated carbocycles. The molecule has 0 saturated heterocycles. The molecule has 1 aliphatic rings. The van der Waals surface area contributed by atoms with E-state index in [2.05, 4.69) is 31.2 Å². The second-order valence-electron chi connectivity index (χ2n) is 5.05. The van der Waals surface area contributed by atoms with Gasteiger partial charge in [-0.2, -0.15) is 0 Å². The lowest BCUT2D eigenvalue weighted by atomic mass is 9.86. The molecular formula is C17H16O3. The monoisotopic (exact) mass is 268 g/mol. The third-order valence-electron chi connectivity index (χ3n) is 3.67. The lowest BCUT2D eigenvalue weighted by Crippen LogP contribution is -2.21. The highest BCUT2D eigenvalue weighted by atomic mass is 16.5. The highest BCUT2D eigenvalue weighted by Crippen LogP contribution is 2.40. The van der Waals surface area contributed by atoms with Crippen molar-refractivity contribution in [2.75, 3.05) is 7.11 Å². The van der Waals surface area contributed by atoms with Gasteiger partial charge < -0.3 is 9.47 Å². The van der Waals surface area contributed by atoms with E-state index in [1.54, 1.807) is 13.2 Å². The Morgan fingerprint density at radius 1 is 1.15 bits per heavy atom. The van der Waals surface area contributed by atoms with Crippen LogP contribution >= 0.6 is 0 Å². The Morgan fingerprint density at radius 3 is 2.60 bits per heavy atom. The minimum atomic E-state index is -0.198. The highest BCUT2D eigenvalue weighted by molar-refractivity contribution is 5.78. The third-order valence-corrected chi connectivity index (χ3v) is 3.67. The zero-order valence-electron chi connectivity index (χ0n) is 11.6. The van der Waals surface area contributed by atoms with Crippen molar-refractivity contribution in [2.24, 2.45) is 0 Å². The SMILES string of the molecule is COc1ccc2c(c1)OC(=O)C[C@@H]2c1ccc(C)cc1. The summed E-state index contributed by atoms with van der Waals surface area (Å²) in [5.41, 5.74) is 3.38. The second-order valence-corrected chi connectivity index (χ2v) is 5.05. The van der Waals surface area contributed by atoms with Crippen molar-refractivity contribution in [3.63, 3.8) is 0 Å². The summed E-state index contributed by atoms with van der Waals surface area (Å²) in [6.45, 7) is 2.05. The fourth-order valence-electron chi connectivity index (χ4n) is 2.56. The van der Waals surface area contributed by atoms with E-state index in [9.17, 15) is 4.79 Å². The van der Waals surface area contributed by atoms with E-state index in [0.29, 0.717) is 17.9 Å². The lowest BCUT2D eigenvalue weighted by molar-refractivity contribution is -0.135. The largest absolute Gasteiger partial charge is 0.497 e. The van der Waals surface area contributed by atoms with Gasteiger partial charge in [-0.05, 0) is 18.6 Å². The molecule has 1 atom stereocenters. The number of hydrogen-bond acceptors (Lipinski definition) is 3. The maximum Gasteiger partial charge on any atom is 0.312 e. The van der Waals surface area contributed by atoms with Crippen LogP contribution in [0.15, 0.2) is 42.5 Å². The molecule has 1 heterocycles. The molecule has 2 aromatic carbocycles. The summed E-state index contributed by atoms with van der Waals surface area (Å²) in [4.78, 5) is 11.8. The smallest absolute Gasteiger partial charge is 0.312 e. The van der Waals surface area contributed by atoms with E-state index in [4.69, 9.17) is 9.47 Å². The molecule has 0 aromatic heterocycles. The quantitative estimate of drug-likeness (QED) is 0.618.